The zero-order valence-electron chi connectivity index (χ0n) is 12.8. The highest BCUT2D eigenvalue weighted by molar-refractivity contribution is 6.31. The summed E-state index contributed by atoms with van der Waals surface area (Å²) >= 11 is 6.05. The topological polar surface area (TPSA) is 80.9 Å². The SMILES string of the molecule is O=C(CCc1nc(-c2ccncc2)no1)NCc1ccccc1Cl. The molecule has 0 radical (unpaired) electrons. The van der Waals surface area contributed by atoms with Crippen molar-refractivity contribution in [3.63, 3.8) is 0 Å². The normalized spacial score (nSPS) is 10.5. The van der Waals surface area contributed by atoms with Crippen LogP contribution in [0.5, 0.6) is 0 Å². The summed E-state index contributed by atoms with van der Waals surface area (Å²) in [6.45, 7) is 0.393. The van der Waals surface area contributed by atoms with Gasteiger partial charge in [0, 0.05) is 42.4 Å². The van der Waals surface area contributed by atoms with Crippen molar-refractivity contribution >= 4 is 17.5 Å². The first-order valence-corrected chi connectivity index (χ1v) is 7.83. The highest BCUT2D eigenvalue weighted by Crippen LogP contribution is 2.15. The lowest BCUT2D eigenvalue weighted by Crippen LogP contribution is -2.23. The zero-order chi connectivity index (χ0) is 16.8. The van der Waals surface area contributed by atoms with Crippen molar-refractivity contribution in [2.45, 2.75) is 19.4 Å². The minimum Gasteiger partial charge on any atom is -0.352 e. The molecule has 122 valence electrons. The number of rotatable bonds is 6. The largest absolute Gasteiger partial charge is 0.352 e. The Hall–Kier alpha value is -2.73. The third-order valence-electron chi connectivity index (χ3n) is 3.41. The van der Waals surface area contributed by atoms with E-state index in [1.165, 1.54) is 0 Å². The van der Waals surface area contributed by atoms with Crippen molar-refractivity contribution in [3.8, 4) is 11.4 Å². The molecule has 1 aromatic carbocycles. The summed E-state index contributed by atoms with van der Waals surface area (Å²) in [7, 11) is 0. The Balaban J connectivity index is 1.50. The number of pyridine rings is 1. The first kappa shape index (κ1) is 16.1. The van der Waals surface area contributed by atoms with E-state index in [9.17, 15) is 4.79 Å². The van der Waals surface area contributed by atoms with Crippen molar-refractivity contribution in [2.24, 2.45) is 0 Å². The van der Waals surface area contributed by atoms with Crippen LogP contribution >= 0.6 is 11.6 Å². The van der Waals surface area contributed by atoms with Gasteiger partial charge in [0.25, 0.3) is 0 Å². The Bertz CT molecular complexity index is 820. The molecule has 0 aliphatic rings. The number of aromatic nitrogens is 3. The number of nitrogens with zero attached hydrogens (tertiary/aromatic N) is 3. The minimum absolute atomic E-state index is 0.0985. The Morgan fingerprint density at radius 1 is 1.17 bits per heavy atom. The molecule has 0 atom stereocenters. The van der Waals surface area contributed by atoms with Crippen molar-refractivity contribution in [2.75, 3.05) is 0 Å². The second-order valence-electron chi connectivity index (χ2n) is 5.12. The van der Waals surface area contributed by atoms with Gasteiger partial charge in [-0.2, -0.15) is 4.98 Å². The number of benzene rings is 1. The molecule has 0 aliphatic carbocycles. The molecule has 0 aliphatic heterocycles. The lowest BCUT2D eigenvalue weighted by Gasteiger charge is -2.05. The Morgan fingerprint density at radius 3 is 2.75 bits per heavy atom. The van der Waals surface area contributed by atoms with E-state index < -0.39 is 0 Å². The number of aryl methyl sites for hydroxylation is 1. The fourth-order valence-corrected chi connectivity index (χ4v) is 2.32. The molecule has 0 unspecified atom stereocenters. The maximum Gasteiger partial charge on any atom is 0.227 e. The van der Waals surface area contributed by atoms with Crippen LogP contribution in [0.3, 0.4) is 0 Å². The van der Waals surface area contributed by atoms with Crippen molar-refractivity contribution in [1.82, 2.24) is 20.4 Å². The van der Waals surface area contributed by atoms with Gasteiger partial charge >= 0.3 is 0 Å². The highest BCUT2D eigenvalue weighted by Gasteiger charge is 2.10. The second kappa shape index (κ2) is 7.70. The Kier molecular flexibility index (Phi) is 5.18. The van der Waals surface area contributed by atoms with Crippen LogP contribution in [0, 0.1) is 0 Å². The van der Waals surface area contributed by atoms with Crippen LogP contribution in [0.25, 0.3) is 11.4 Å². The Morgan fingerprint density at radius 2 is 1.96 bits per heavy atom. The van der Waals surface area contributed by atoms with E-state index in [0.29, 0.717) is 29.7 Å². The molecule has 6 nitrogen and oxygen atoms in total. The van der Waals surface area contributed by atoms with Crippen molar-refractivity contribution in [1.29, 1.82) is 0 Å². The molecule has 0 bridgehead atoms. The number of amides is 1. The molecule has 2 aromatic heterocycles. The summed E-state index contributed by atoms with van der Waals surface area (Å²) in [6, 6.07) is 11.0. The van der Waals surface area contributed by atoms with Gasteiger partial charge < -0.3 is 9.84 Å². The molecule has 1 N–H and O–H groups in total. The first-order chi connectivity index (χ1) is 11.7. The number of hydrogen-bond acceptors (Lipinski definition) is 5. The molecule has 0 spiro atoms. The standard InChI is InChI=1S/C17H15ClN4O2/c18-14-4-2-1-3-13(14)11-20-15(23)5-6-16-21-17(22-24-16)12-7-9-19-10-8-12/h1-4,7-10H,5-6,11H2,(H,20,23). The molecule has 0 saturated carbocycles. The van der Waals surface area contributed by atoms with Crippen LogP contribution in [0.15, 0.2) is 53.3 Å². The van der Waals surface area contributed by atoms with Crippen LogP contribution in [-0.2, 0) is 17.8 Å². The van der Waals surface area contributed by atoms with E-state index in [1.807, 2.05) is 18.2 Å². The third-order valence-corrected chi connectivity index (χ3v) is 3.78. The predicted molar refractivity (Wildman–Crippen MR) is 89.1 cm³/mol. The fraction of sp³-hybridized carbons (Fsp3) is 0.176. The van der Waals surface area contributed by atoms with Crippen molar-refractivity contribution in [3.05, 3.63) is 65.3 Å². The summed E-state index contributed by atoms with van der Waals surface area (Å²) < 4.78 is 5.17. The molecular weight excluding hydrogens is 328 g/mol. The molecule has 3 aromatic rings. The van der Waals surface area contributed by atoms with E-state index in [-0.39, 0.29) is 12.3 Å². The fourth-order valence-electron chi connectivity index (χ4n) is 2.12. The predicted octanol–water partition coefficient (Wildman–Crippen LogP) is 3.03. The van der Waals surface area contributed by atoms with E-state index in [1.54, 1.807) is 30.6 Å². The summed E-state index contributed by atoms with van der Waals surface area (Å²) in [5, 5.41) is 7.37. The number of halogens is 1. The number of hydrogen-bond donors (Lipinski definition) is 1. The van der Waals surface area contributed by atoms with Crippen LogP contribution in [0.1, 0.15) is 17.9 Å². The molecule has 1 amide bonds. The van der Waals surface area contributed by atoms with Gasteiger partial charge in [-0.1, -0.05) is 35.0 Å². The highest BCUT2D eigenvalue weighted by atomic mass is 35.5. The average molecular weight is 343 g/mol. The van der Waals surface area contributed by atoms with Gasteiger partial charge in [0.15, 0.2) is 0 Å². The van der Waals surface area contributed by atoms with Crippen LogP contribution in [-0.4, -0.2) is 21.0 Å². The molecular formula is C17H15ClN4O2. The summed E-state index contributed by atoms with van der Waals surface area (Å²) in [5.74, 6) is 0.817. The number of nitrogens with one attached hydrogen (secondary N) is 1. The monoisotopic (exact) mass is 342 g/mol. The Labute approximate surface area is 143 Å². The molecule has 2 heterocycles. The maximum atomic E-state index is 11.9. The first-order valence-electron chi connectivity index (χ1n) is 7.45. The zero-order valence-corrected chi connectivity index (χ0v) is 13.5. The van der Waals surface area contributed by atoms with Gasteiger partial charge in [-0.3, -0.25) is 9.78 Å². The third kappa shape index (κ3) is 4.17. The van der Waals surface area contributed by atoms with Gasteiger partial charge in [-0.15, -0.1) is 0 Å². The van der Waals surface area contributed by atoms with Crippen LogP contribution in [0.2, 0.25) is 5.02 Å². The summed E-state index contributed by atoms with van der Waals surface area (Å²) in [5.41, 5.74) is 1.70. The van der Waals surface area contributed by atoms with E-state index in [2.05, 4.69) is 20.4 Å². The summed E-state index contributed by atoms with van der Waals surface area (Å²) in [4.78, 5) is 20.1. The lowest BCUT2D eigenvalue weighted by atomic mass is 10.2. The van der Waals surface area contributed by atoms with Gasteiger partial charge in [-0.25, -0.2) is 0 Å². The molecule has 0 saturated heterocycles. The second-order valence-corrected chi connectivity index (χ2v) is 5.52. The van der Waals surface area contributed by atoms with Gasteiger partial charge in [0.2, 0.25) is 17.6 Å². The maximum absolute atomic E-state index is 11.9. The number of carbonyl (C=O) groups excluding carboxylic acids is 1. The van der Waals surface area contributed by atoms with Gasteiger partial charge in [-0.05, 0) is 23.8 Å². The van der Waals surface area contributed by atoms with E-state index in [4.69, 9.17) is 16.1 Å². The molecule has 7 heteroatoms. The van der Waals surface area contributed by atoms with Gasteiger partial charge in [0.05, 0.1) is 0 Å². The number of carbonyl (C=O) groups is 1. The van der Waals surface area contributed by atoms with Crippen LogP contribution in [0.4, 0.5) is 0 Å². The molecule has 3 rings (SSSR count). The average Bonchev–Trinajstić information content (AvgIpc) is 3.09. The molecule has 0 fully saturated rings. The minimum atomic E-state index is -0.0985. The van der Waals surface area contributed by atoms with Crippen molar-refractivity contribution < 1.29 is 9.32 Å². The quantitative estimate of drug-likeness (QED) is 0.744. The van der Waals surface area contributed by atoms with Crippen LogP contribution < -0.4 is 5.32 Å². The van der Waals surface area contributed by atoms with E-state index >= 15 is 0 Å². The van der Waals surface area contributed by atoms with E-state index in [0.717, 1.165) is 11.1 Å². The van der Waals surface area contributed by atoms with Gasteiger partial charge in [0.1, 0.15) is 0 Å². The summed E-state index contributed by atoms with van der Waals surface area (Å²) in [6.07, 6.45) is 3.97. The lowest BCUT2D eigenvalue weighted by molar-refractivity contribution is -0.121. The molecule has 24 heavy (non-hydrogen) atoms. The smallest absolute Gasteiger partial charge is 0.227 e.